The van der Waals surface area contributed by atoms with Gasteiger partial charge in [0.25, 0.3) is 5.91 Å². The van der Waals surface area contributed by atoms with Gasteiger partial charge in [0.1, 0.15) is 11.6 Å². The van der Waals surface area contributed by atoms with Gasteiger partial charge in [0.05, 0.1) is 17.1 Å². The first-order valence-electron chi connectivity index (χ1n) is 8.01. The summed E-state index contributed by atoms with van der Waals surface area (Å²) in [5.41, 5.74) is 3.25. The average molecular weight is 325 g/mol. The van der Waals surface area contributed by atoms with Gasteiger partial charge in [0.15, 0.2) is 0 Å². The number of rotatable bonds is 4. The quantitative estimate of drug-likeness (QED) is 0.794. The Kier molecular flexibility index (Phi) is 4.34. The first kappa shape index (κ1) is 16.2. The Morgan fingerprint density at radius 3 is 2.62 bits per heavy atom. The number of benzene rings is 2. The Hall–Kier alpha value is -2.69. The van der Waals surface area contributed by atoms with Crippen LogP contribution in [0.4, 0.5) is 4.39 Å². The minimum absolute atomic E-state index is 0.169. The molecule has 0 unspecified atom stereocenters. The fourth-order valence-electron chi connectivity index (χ4n) is 2.82. The molecule has 24 heavy (non-hydrogen) atoms. The van der Waals surface area contributed by atoms with E-state index in [0.717, 1.165) is 28.8 Å². The molecule has 3 aromatic rings. The number of nitrogens with zero attached hydrogens (tertiary/aromatic N) is 2. The Bertz CT molecular complexity index is 884. The first-order valence-corrected chi connectivity index (χ1v) is 8.01. The van der Waals surface area contributed by atoms with Crippen LogP contribution < -0.4 is 5.32 Å². The molecule has 4 nitrogen and oxygen atoms in total. The van der Waals surface area contributed by atoms with Gasteiger partial charge in [0.2, 0.25) is 0 Å². The Balaban J connectivity index is 1.81. The molecule has 0 aliphatic rings. The lowest BCUT2D eigenvalue weighted by Crippen LogP contribution is -2.26. The molecule has 1 amide bonds. The number of aryl methyl sites for hydroxylation is 2. The number of hydrogen-bond donors (Lipinski definition) is 1. The van der Waals surface area contributed by atoms with E-state index in [4.69, 9.17) is 0 Å². The zero-order chi connectivity index (χ0) is 17.3. The van der Waals surface area contributed by atoms with Crippen molar-refractivity contribution < 1.29 is 9.18 Å². The first-order chi connectivity index (χ1) is 11.5. The summed E-state index contributed by atoms with van der Waals surface area (Å²) in [4.78, 5) is 17.0. The van der Waals surface area contributed by atoms with Crippen molar-refractivity contribution in [2.75, 3.05) is 0 Å². The highest BCUT2D eigenvalue weighted by Crippen LogP contribution is 2.19. The molecule has 1 aromatic heterocycles. The Morgan fingerprint density at radius 2 is 1.96 bits per heavy atom. The Morgan fingerprint density at radius 1 is 1.25 bits per heavy atom. The fraction of sp³-hybridized carbons (Fsp3) is 0.263. The summed E-state index contributed by atoms with van der Waals surface area (Å²) >= 11 is 0. The predicted molar refractivity (Wildman–Crippen MR) is 92.4 cm³/mol. The summed E-state index contributed by atoms with van der Waals surface area (Å²) in [5, 5.41) is 2.94. The summed E-state index contributed by atoms with van der Waals surface area (Å²) in [6.07, 6.45) is 0.842. The number of halogens is 1. The lowest BCUT2D eigenvalue weighted by Gasteiger charge is -2.14. The second-order valence-electron chi connectivity index (χ2n) is 5.89. The zero-order valence-corrected chi connectivity index (χ0v) is 14.0. The van der Waals surface area contributed by atoms with Crippen LogP contribution in [0.1, 0.15) is 41.6 Å². The summed E-state index contributed by atoms with van der Waals surface area (Å²) in [5.74, 6) is 0.532. The molecule has 3 rings (SSSR count). The minimum atomic E-state index is -0.287. The van der Waals surface area contributed by atoms with Gasteiger partial charge in [-0.1, -0.05) is 19.1 Å². The third-order valence-electron chi connectivity index (χ3n) is 4.27. The van der Waals surface area contributed by atoms with Crippen LogP contribution in [0.5, 0.6) is 0 Å². The van der Waals surface area contributed by atoms with Crippen molar-refractivity contribution in [1.82, 2.24) is 14.9 Å². The molecule has 0 fully saturated rings. The molecule has 0 aliphatic carbocycles. The third kappa shape index (κ3) is 3.02. The van der Waals surface area contributed by atoms with Gasteiger partial charge in [-0.2, -0.15) is 0 Å². The van der Waals surface area contributed by atoms with Crippen molar-refractivity contribution in [2.24, 2.45) is 7.05 Å². The van der Waals surface area contributed by atoms with E-state index >= 15 is 0 Å². The summed E-state index contributed by atoms with van der Waals surface area (Å²) in [6.45, 7) is 3.93. The molecular formula is C19H20FN3O. The number of carbonyl (C=O) groups is 1. The maximum Gasteiger partial charge on any atom is 0.251 e. The molecular weight excluding hydrogens is 305 g/mol. The molecule has 0 radical (unpaired) electrons. The average Bonchev–Trinajstić information content (AvgIpc) is 2.91. The highest BCUT2D eigenvalue weighted by molar-refractivity contribution is 5.97. The maximum absolute atomic E-state index is 13.0. The van der Waals surface area contributed by atoms with Gasteiger partial charge >= 0.3 is 0 Å². The highest BCUT2D eigenvalue weighted by Gasteiger charge is 2.14. The highest BCUT2D eigenvalue weighted by atomic mass is 19.1. The number of fused-ring (bicyclic) bond motifs is 1. The molecule has 0 saturated carbocycles. The predicted octanol–water partition coefficient (Wildman–Crippen LogP) is 3.77. The zero-order valence-electron chi connectivity index (χ0n) is 14.0. The van der Waals surface area contributed by atoms with E-state index in [-0.39, 0.29) is 17.8 Å². The minimum Gasteiger partial charge on any atom is -0.346 e. The van der Waals surface area contributed by atoms with Crippen molar-refractivity contribution in [3.05, 3.63) is 65.2 Å². The second kappa shape index (κ2) is 6.43. The van der Waals surface area contributed by atoms with Crippen LogP contribution in [0.15, 0.2) is 42.5 Å². The van der Waals surface area contributed by atoms with Crippen LogP contribution in [0.2, 0.25) is 0 Å². The third-order valence-corrected chi connectivity index (χ3v) is 4.27. The molecule has 5 heteroatoms. The van der Waals surface area contributed by atoms with E-state index in [1.54, 1.807) is 24.3 Å². The van der Waals surface area contributed by atoms with Gasteiger partial charge in [-0.05, 0) is 42.8 Å². The second-order valence-corrected chi connectivity index (χ2v) is 5.89. The standard InChI is InChI=1S/C19H20FN3O/c1-4-18-22-16-11-14(7-10-17(16)23(18)3)19(24)21-12(2)13-5-8-15(20)9-6-13/h5-12H,4H2,1-3H3,(H,21,24)/t12-/m0/s1. The van der Waals surface area contributed by atoms with Crippen molar-refractivity contribution in [3.8, 4) is 0 Å². The summed E-state index contributed by atoms with van der Waals surface area (Å²) < 4.78 is 15.0. The number of aromatic nitrogens is 2. The molecule has 124 valence electrons. The fourth-order valence-corrected chi connectivity index (χ4v) is 2.82. The smallest absolute Gasteiger partial charge is 0.251 e. The normalized spacial score (nSPS) is 12.3. The van der Waals surface area contributed by atoms with E-state index < -0.39 is 0 Å². The van der Waals surface area contributed by atoms with E-state index in [2.05, 4.69) is 17.2 Å². The van der Waals surface area contributed by atoms with Crippen LogP contribution in [0.25, 0.3) is 11.0 Å². The number of amides is 1. The van der Waals surface area contributed by atoms with Gasteiger partial charge in [0, 0.05) is 19.0 Å². The van der Waals surface area contributed by atoms with Crippen LogP contribution in [-0.4, -0.2) is 15.5 Å². The van der Waals surface area contributed by atoms with Gasteiger partial charge in [-0.25, -0.2) is 9.37 Å². The molecule has 0 saturated heterocycles. The monoisotopic (exact) mass is 325 g/mol. The Labute approximate surface area is 140 Å². The summed E-state index contributed by atoms with van der Waals surface area (Å²) in [6, 6.07) is 11.5. The van der Waals surface area contributed by atoms with Crippen LogP contribution >= 0.6 is 0 Å². The van der Waals surface area contributed by atoms with E-state index in [0.29, 0.717) is 5.56 Å². The van der Waals surface area contributed by atoms with Gasteiger partial charge in [-0.3, -0.25) is 4.79 Å². The van der Waals surface area contributed by atoms with Crippen LogP contribution in [0.3, 0.4) is 0 Å². The van der Waals surface area contributed by atoms with Crippen molar-refractivity contribution in [1.29, 1.82) is 0 Å². The molecule has 1 heterocycles. The van der Waals surface area contributed by atoms with Crippen molar-refractivity contribution >= 4 is 16.9 Å². The van der Waals surface area contributed by atoms with Crippen LogP contribution in [0, 0.1) is 5.82 Å². The molecule has 1 N–H and O–H groups in total. The topological polar surface area (TPSA) is 46.9 Å². The SMILES string of the molecule is CCc1nc2cc(C(=O)N[C@@H](C)c3ccc(F)cc3)ccc2n1C. The lowest BCUT2D eigenvalue weighted by atomic mass is 10.1. The van der Waals surface area contributed by atoms with Gasteiger partial charge < -0.3 is 9.88 Å². The van der Waals surface area contributed by atoms with E-state index in [1.165, 1.54) is 12.1 Å². The molecule has 0 aliphatic heterocycles. The molecule has 2 aromatic carbocycles. The van der Waals surface area contributed by atoms with Crippen LogP contribution in [-0.2, 0) is 13.5 Å². The van der Waals surface area contributed by atoms with E-state index in [1.807, 2.05) is 24.6 Å². The molecule has 0 spiro atoms. The largest absolute Gasteiger partial charge is 0.346 e. The van der Waals surface area contributed by atoms with Gasteiger partial charge in [-0.15, -0.1) is 0 Å². The number of nitrogens with one attached hydrogen (secondary N) is 1. The maximum atomic E-state index is 13.0. The van der Waals surface area contributed by atoms with Crippen molar-refractivity contribution in [2.45, 2.75) is 26.3 Å². The van der Waals surface area contributed by atoms with E-state index in [9.17, 15) is 9.18 Å². The number of carbonyl (C=O) groups excluding carboxylic acids is 1. The lowest BCUT2D eigenvalue weighted by molar-refractivity contribution is 0.0940. The molecule has 0 bridgehead atoms. The molecule has 1 atom stereocenters. The summed E-state index contributed by atoms with van der Waals surface area (Å²) in [7, 11) is 1.98. The number of hydrogen-bond acceptors (Lipinski definition) is 2. The number of imidazole rings is 1. The van der Waals surface area contributed by atoms with Crippen molar-refractivity contribution in [3.63, 3.8) is 0 Å².